The van der Waals surface area contributed by atoms with E-state index in [0.29, 0.717) is 27.4 Å². The lowest BCUT2D eigenvalue weighted by atomic mass is 10.1. The van der Waals surface area contributed by atoms with Crippen molar-refractivity contribution in [3.05, 3.63) is 59.1 Å². The molecular formula is C20H18ClN5O3S. The van der Waals surface area contributed by atoms with Crippen LogP contribution in [0, 0.1) is 0 Å². The van der Waals surface area contributed by atoms with Crippen molar-refractivity contribution in [2.45, 2.75) is 23.4 Å². The molecule has 154 valence electrons. The maximum absolute atomic E-state index is 13.0. The van der Waals surface area contributed by atoms with Gasteiger partial charge in [-0.2, -0.15) is 4.98 Å². The lowest BCUT2D eigenvalue weighted by Gasteiger charge is -2.22. The predicted molar refractivity (Wildman–Crippen MR) is 115 cm³/mol. The minimum absolute atomic E-state index is 0.0478. The van der Waals surface area contributed by atoms with Gasteiger partial charge in [0.25, 0.3) is 0 Å². The van der Waals surface area contributed by atoms with Crippen molar-refractivity contribution in [1.29, 1.82) is 0 Å². The van der Waals surface area contributed by atoms with Gasteiger partial charge in [0.15, 0.2) is 0 Å². The first-order valence-electron chi connectivity index (χ1n) is 9.11. The van der Waals surface area contributed by atoms with Crippen molar-refractivity contribution in [1.82, 2.24) is 14.8 Å². The molecule has 10 heteroatoms. The van der Waals surface area contributed by atoms with Crippen molar-refractivity contribution in [2.24, 2.45) is 0 Å². The topological polar surface area (TPSA) is 98.1 Å². The standard InChI is InChI=1S/C20H18ClN5O3S/c1-29-16-8-7-13(21)9-14(16)22-18(28)15-10-17(27)23-19-24-20(25-26(15)19)30-11-12-5-3-2-4-6-12/h2-9,15H,10-11H2,1H3,(H,22,28)(H,23,24,25,27)/t15-/m1/s1. The molecule has 30 heavy (non-hydrogen) atoms. The third-order valence-corrected chi connectivity index (χ3v) is 5.61. The molecule has 1 aliphatic heterocycles. The van der Waals surface area contributed by atoms with E-state index in [0.717, 1.165) is 5.56 Å². The molecule has 0 radical (unpaired) electrons. The summed E-state index contributed by atoms with van der Waals surface area (Å²) in [6, 6.07) is 14.0. The molecule has 0 fully saturated rings. The van der Waals surface area contributed by atoms with Crippen LogP contribution >= 0.6 is 23.4 Å². The molecule has 0 aliphatic carbocycles. The summed E-state index contributed by atoms with van der Waals surface area (Å²) >= 11 is 7.47. The number of ether oxygens (including phenoxy) is 1. The Kier molecular flexibility index (Phi) is 5.91. The van der Waals surface area contributed by atoms with Crippen LogP contribution in [-0.2, 0) is 15.3 Å². The average Bonchev–Trinajstić information content (AvgIpc) is 3.15. The Labute approximate surface area is 182 Å². The highest BCUT2D eigenvalue weighted by atomic mass is 35.5. The predicted octanol–water partition coefficient (Wildman–Crippen LogP) is 3.75. The molecular weight excluding hydrogens is 426 g/mol. The number of benzene rings is 2. The lowest BCUT2D eigenvalue weighted by Crippen LogP contribution is -2.36. The third kappa shape index (κ3) is 4.42. The molecule has 8 nitrogen and oxygen atoms in total. The van der Waals surface area contributed by atoms with Crippen LogP contribution in [0.3, 0.4) is 0 Å². The number of aromatic nitrogens is 3. The van der Waals surface area contributed by atoms with E-state index >= 15 is 0 Å². The van der Waals surface area contributed by atoms with Gasteiger partial charge in [-0.1, -0.05) is 53.7 Å². The molecule has 4 rings (SSSR count). The molecule has 2 N–H and O–H groups in total. The molecule has 0 saturated carbocycles. The van der Waals surface area contributed by atoms with Crippen molar-refractivity contribution < 1.29 is 14.3 Å². The number of carbonyl (C=O) groups excluding carboxylic acids is 2. The minimum Gasteiger partial charge on any atom is -0.495 e. The van der Waals surface area contributed by atoms with Crippen molar-refractivity contribution in [3.8, 4) is 5.75 Å². The van der Waals surface area contributed by atoms with E-state index < -0.39 is 11.9 Å². The molecule has 0 unspecified atom stereocenters. The van der Waals surface area contributed by atoms with Gasteiger partial charge in [0, 0.05) is 10.8 Å². The summed E-state index contributed by atoms with van der Waals surface area (Å²) in [5.74, 6) is 0.685. The van der Waals surface area contributed by atoms with Gasteiger partial charge in [0.2, 0.25) is 22.9 Å². The Morgan fingerprint density at radius 1 is 1.33 bits per heavy atom. The van der Waals surface area contributed by atoms with Crippen molar-refractivity contribution >= 4 is 46.8 Å². The van der Waals surface area contributed by atoms with Gasteiger partial charge in [-0.05, 0) is 23.8 Å². The van der Waals surface area contributed by atoms with Crippen LogP contribution in [-0.4, -0.2) is 33.7 Å². The fourth-order valence-electron chi connectivity index (χ4n) is 3.02. The number of fused-ring (bicyclic) bond motifs is 1. The van der Waals surface area contributed by atoms with Gasteiger partial charge in [0.1, 0.15) is 11.8 Å². The van der Waals surface area contributed by atoms with Gasteiger partial charge in [-0.25, -0.2) is 4.68 Å². The van der Waals surface area contributed by atoms with Crippen LogP contribution in [0.2, 0.25) is 5.02 Å². The van der Waals surface area contributed by atoms with Gasteiger partial charge in [-0.15, -0.1) is 5.10 Å². The summed E-state index contributed by atoms with van der Waals surface area (Å²) in [5, 5.41) is 10.8. The van der Waals surface area contributed by atoms with Gasteiger partial charge < -0.3 is 10.1 Å². The maximum atomic E-state index is 13.0. The molecule has 0 bridgehead atoms. The molecule has 0 saturated heterocycles. The van der Waals surface area contributed by atoms with E-state index in [1.165, 1.54) is 23.6 Å². The highest BCUT2D eigenvalue weighted by molar-refractivity contribution is 7.98. The van der Waals surface area contributed by atoms with Crippen LogP contribution < -0.4 is 15.4 Å². The Hall–Kier alpha value is -3.04. The molecule has 2 aromatic carbocycles. The monoisotopic (exact) mass is 443 g/mol. The van der Waals surface area contributed by atoms with Crippen LogP contribution in [0.5, 0.6) is 5.75 Å². The molecule has 1 atom stereocenters. The number of hydrogen-bond acceptors (Lipinski definition) is 6. The summed E-state index contributed by atoms with van der Waals surface area (Å²) in [7, 11) is 1.50. The van der Waals surface area contributed by atoms with Crippen molar-refractivity contribution in [2.75, 3.05) is 17.7 Å². The zero-order valence-electron chi connectivity index (χ0n) is 16.0. The van der Waals surface area contributed by atoms with Gasteiger partial charge in [0.05, 0.1) is 19.2 Å². The smallest absolute Gasteiger partial charge is 0.250 e. The molecule has 2 amide bonds. The number of halogens is 1. The van der Waals surface area contributed by atoms with Crippen molar-refractivity contribution in [3.63, 3.8) is 0 Å². The first-order chi connectivity index (χ1) is 14.5. The Morgan fingerprint density at radius 2 is 2.13 bits per heavy atom. The number of rotatable bonds is 6. The second-order valence-corrected chi connectivity index (χ2v) is 7.92. The number of amides is 2. The number of nitrogens with zero attached hydrogens (tertiary/aromatic N) is 3. The van der Waals surface area contributed by atoms with E-state index in [9.17, 15) is 9.59 Å². The van der Waals surface area contributed by atoms with Gasteiger partial charge >= 0.3 is 0 Å². The Bertz CT molecular complexity index is 1090. The fourth-order valence-corrected chi connectivity index (χ4v) is 3.98. The number of anilines is 2. The Morgan fingerprint density at radius 3 is 2.90 bits per heavy atom. The minimum atomic E-state index is -0.837. The van der Waals surface area contributed by atoms with E-state index in [4.69, 9.17) is 16.3 Å². The summed E-state index contributed by atoms with van der Waals surface area (Å²) in [4.78, 5) is 29.5. The fraction of sp³-hybridized carbons (Fsp3) is 0.200. The normalized spacial score (nSPS) is 15.3. The van der Waals surface area contributed by atoms with Crippen LogP contribution in [0.15, 0.2) is 53.7 Å². The lowest BCUT2D eigenvalue weighted by molar-refractivity contribution is -0.125. The second kappa shape index (κ2) is 8.76. The summed E-state index contributed by atoms with van der Waals surface area (Å²) in [5.41, 5.74) is 1.54. The third-order valence-electron chi connectivity index (χ3n) is 4.47. The molecule has 3 aromatic rings. The number of hydrogen-bond donors (Lipinski definition) is 2. The summed E-state index contributed by atoms with van der Waals surface area (Å²) in [6.07, 6.45) is -0.0478. The number of methoxy groups -OCH3 is 1. The zero-order valence-corrected chi connectivity index (χ0v) is 17.5. The second-order valence-electron chi connectivity index (χ2n) is 6.54. The van der Waals surface area contributed by atoms with E-state index in [1.54, 1.807) is 18.2 Å². The first-order valence-corrected chi connectivity index (χ1v) is 10.5. The van der Waals surface area contributed by atoms with Crippen LogP contribution in [0.1, 0.15) is 18.0 Å². The van der Waals surface area contributed by atoms with E-state index in [2.05, 4.69) is 20.7 Å². The van der Waals surface area contributed by atoms with E-state index in [1.807, 2.05) is 30.3 Å². The first kappa shape index (κ1) is 20.2. The quantitative estimate of drug-likeness (QED) is 0.563. The highest BCUT2D eigenvalue weighted by Crippen LogP contribution is 2.31. The van der Waals surface area contributed by atoms with Crippen LogP contribution in [0.25, 0.3) is 0 Å². The molecule has 2 heterocycles. The van der Waals surface area contributed by atoms with E-state index in [-0.39, 0.29) is 18.3 Å². The summed E-state index contributed by atoms with van der Waals surface area (Å²) in [6.45, 7) is 0. The molecule has 1 aliphatic rings. The highest BCUT2D eigenvalue weighted by Gasteiger charge is 2.33. The van der Waals surface area contributed by atoms with Crippen LogP contribution in [0.4, 0.5) is 11.6 Å². The molecule has 0 spiro atoms. The number of thioether (sulfide) groups is 1. The zero-order chi connectivity index (χ0) is 21.1. The number of carbonyl (C=O) groups is 2. The maximum Gasteiger partial charge on any atom is 0.250 e. The number of nitrogens with one attached hydrogen (secondary N) is 2. The Balaban J connectivity index is 1.54. The van der Waals surface area contributed by atoms with Gasteiger partial charge in [-0.3, -0.25) is 14.9 Å². The molecule has 1 aromatic heterocycles. The average molecular weight is 444 g/mol. The summed E-state index contributed by atoms with van der Waals surface area (Å²) < 4.78 is 6.71. The largest absolute Gasteiger partial charge is 0.495 e. The SMILES string of the molecule is COc1ccc(Cl)cc1NC(=O)[C@H]1CC(=O)Nc2nc(SCc3ccccc3)nn21.